The van der Waals surface area contributed by atoms with Crippen LogP contribution in [0.15, 0.2) is 42.5 Å². The minimum atomic E-state index is -0.754. The number of ketones is 1. The summed E-state index contributed by atoms with van der Waals surface area (Å²) in [6.07, 6.45) is -0.362. The van der Waals surface area contributed by atoms with Gasteiger partial charge in [0.05, 0.1) is 6.42 Å². The molecule has 1 amide bonds. The second-order valence-corrected chi connectivity index (χ2v) is 6.59. The smallest absolute Gasteiger partial charge is 0.310 e. The van der Waals surface area contributed by atoms with Gasteiger partial charge in [-0.3, -0.25) is 14.4 Å². The molecule has 0 aliphatic carbocycles. The Labute approximate surface area is 161 Å². The first-order valence-corrected chi connectivity index (χ1v) is 8.68. The van der Waals surface area contributed by atoms with Crippen molar-refractivity contribution >= 4 is 34.9 Å². The Kier molecular flexibility index (Phi) is 7.07. The molecule has 0 bridgehead atoms. The van der Waals surface area contributed by atoms with E-state index in [4.69, 9.17) is 16.3 Å². The van der Waals surface area contributed by atoms with Crippen molar-refractivity contribution in [2.75, 3.05) is 11.9 Å². The molecule has 0 aliphatic heterocycles. The highest BCUT2D eigenvalue weighted by atomic mass is 35.5. The maximum absolute atomic E-state index is 13.7. The number of benzene rings is 2. The summed E-state index contributed by atoms with van der Waals surface area (Å²) >= 11 is 5.86. The number of amides is 1. The molecule has 142 valence electrons. The number of ether oxygens (including phenoxy) is 1. The van der Waals surface area contributed by atoms with Crippen LogP contribution in [0.4, 0.5) is 10.1 Å². The van der Waals surface area contributed by atoms with E-state index in [9.17, 15) is 18.8 Å². The van der Waals surface area contributed by atoms with E-state index in [1.165, 1.54) is 30.3 Å². The maximum atomic E-state index is 13.7. The molecule has 7 heteroatoms. The van der Waals surface area contributed by atoms with Gasteiger partial charge in [-0.1, -0.05) is 31.5 Å². The Morgan fingerprint density at radius 3 is 2.37 bits per heavy atom. The van der Waals surface area contributed by atoms with Crippen molar-refractivity contribution in [2.45, 2.75) is 20.3 Å². The van der Waals surface area contributed by atoms with Crippen LogP contribution in [0.2, 0.25) is 5.02 Å². The zero-order valence-electron chi connectivity index (χ0n) is 14.9. The van der Waals surface area contributed by atoms with E-state index in [-0.39, 0.29) is 28.8 Å². The fourth-order valence-corrected chi connectivity index (χ4v) is 2.38. The van der Waals surface area contributed by atoms with Crippen LogP contribution in [-0.2, 0) is 20.7 Å². The van der Waals surface area contributed by atoms with Gasteiger partial charge in [0, 0.05) is 27.8 Å². The second kappa shape index (κ2) is 9.28. The Balaban J connectivity index is 1.90. The summed E-state index contributed by atoms with van der Waals surface area (Å²) in [5.41, 5.74) is 0.924. The summed E-state index contributed by atoms with van der Waals surface area (Å²) in [7, 11) is 0. The lowest BCUT2D eigenvalue weighted by atomic mass is 10.1. The first kappa shape index (κ1) is 20.6. The third-order valence-electron chi connectivity index (χ3n) is 3.75. The molecule has 0 saturated heterocycles. The standard InChI is InChI=1S/C20H19ClFNO4/c1-12(2)20(26)23-14-8-6-13(7-9-14)18(24)11-27-19(25)10-15-16(21)4-3-5-17(15)22/h3-9,12H,10-11H2,1-2H3,(H,23,26). The molecule has 0 saturated carbocycles. The topological polar surface area (TPSA) is 72.5 Å². The summed E-state index contributed by atoms with van der Waals surface area (Å²) in [6.45, 7) is 3.08. The van der Waals surface area contributed by atoms with Gasteiger partial charge >= 0.3 is 5.97 Å². The number of carbonyl (C=O) groups is 3. The van der Waals surface area contributed by atoms with Gasteiger partial charge in [-0.25, -0.2) is 4.39 Å². The molecular formula is C20H19ClFNO4. The molecule has 0 aromatic heterocycles. The van der Waals surface area contributed by atoms with Crippen molar-refractivity contribution in [3.05, 3.63) is 64.4 Å². The number of esters is 1. The average Bonchev–Trinajstić information content (AvgIpc) is 2.63. The van der Waals surface area contributed by atoms with Crippen LogP contribution >= 0.6 is 11.6 Å². The van der Waals surface area contributed by atoms with E-state index >= 15 is 0 Å². The molecule has 0 unspecified atom stereocenters. The summed E-state index contributed by atoms with van der Waals surface area (Å²) in [4.78, 5) is 35.6. The van der Waals surface area contributed by atoms with E-state index in [1.807, 2.05) is 0 Å². The minimum absolute atomic E-state index is 0.0295. The Morgan fingerprint density at radius 2 is 1.78 bits per heavy atom. The molecule has 0 fully saturated rings. The average molecular weight is 392 g/mol. The van der Waals surface area contributed by atoms with Gasteiger partial charge < -0.3 is 10.1 Å². The Hall–Kier alpha value is -2.73. The van der Waals surface area contributed by atoms with Crippen LogP contribution in [0.3, 0.4) is 0 Å². The van der Waals surface area contributed by atoms with Crippen molar-refractivity contribution in [1.29, 1.82) is 0 Å². The quantitative estimate of drug-likeness (QED) is 0.571. The van der Waals surface area contributed by atoms with E-state index in [2.05, 4.69) is 5.32 Å². The van der Waals surface area contributed by atoms with Crippen LogP contribution in [0.1, 0.15) is 29.8 Å². The van der Waals surface area contributed by atoms with Crippen LogP contribution in [0, 0.1) is 11.7 Å². The number of hydrogen-bond donors (Lipinski definition) is 1. The van der Waals surface area contributed by atoms with Crippen LogP contribution in [0.5, 0.6) is 0 Å². The Bertz CT molecular complexity index is 829. The van der Waals surface area contributed by atoms with Crippen LogP contribution in [-0.4, -0.2) is 24.3 Å². The first-order chi connectivity index (χ1) is 12.8. The second-order valence-electron chi connectivity index (χ2n) is 6.18. The number of Topliss-reactive ketones (excluding diaryl/α,β-unsaturated/α-hetero) is 1. The lowest BCUT2D eigenvalue weighted by Gasteiger charge is -2.09. The molecule has 0 spiro atoms. The number of anilines is 1. The van der Waals surface area contributed by atoms with Gasteiger partial charge in [0.15, 0.2) is 12.4 Å². The SMILES string of the molecule is CC(C)C(=O)Nc1ccc(C(=O)COC(=O)Cc2c(F)cccc2Cl)cc1. The van der Waals surface area contributed by atoms with Crippen molar-refractivity contribution in [3.8, 4) is 0 Å². The third kappa shape index (κ3) is 5.89. The van der Waals surface area contributed by atoms with Gasteiger partial charge in [-0.2, -0.15) is 0 Å². The fourth-order valence-electron chi connectivity index (χ4n) is 2.15. The van der Waals surface area contributed by atoms with Gasteiger partial charge in [0.25, 0.3) is 0 Å². The molecule has 1 N–H and O–H groups in total. The highest BCUT2D eigenvalue weighted by Gasteiger charge is 2.15. The summed E-state index contributed by atoms with van der Waals surface area (Å²) in [6, 6.07) is 10.3. The zero-order valence-corrected chi connectivity index (χ0v) is 15.7. The maximum Gasteiger partial charge on any atom is 0.310 e. The van der Waals surface area contributed by atoms with Gasteiger partial charge in [-0.05, 0) is 36.4 Å². The molecule has 0 heterocycles. The minimum Gasteiger partial charge on any atom is -0.457 e. The lowest BCUT2D eigenvalue weighted by molar-refractivity contribution is -0.141. The summed E-state index contributed by atoms with van der Waals surface area (Å²) in [5, 5.41) is 2.83. The highest BCUT2D eigenvalue weighted by molar-refractivity contribution is 6.31. The number of halogens is 2. The van der Waals surface area contributed by atoms with Crippen LogP contribution in [0.25, 0.3) is 0 Å². The fraction of sp³-hybridized carbons (Fsp3) is 0.250. The Morgan fingerprint density at radius 1 is 1.11 bits per heavy atom. The number of hydrogen-bond acceptors (Lipinski definition) is 4. The van der Waals surface area contributed by atoms with Gasteiger partial charge in [0.2, 0.25) is 5.91 Å². The molecule has 27 heavy (non-hydrogen) atoms. The van der Waals surface area contributed by atoms with Crippen LogP contribution < -0.4 is 5.32 Å². The van der Waals surface area contributed by atoms with Crippen molar-refractivity contribution in [3.63, 3.8) is 0 Å². The molecule has 5 nitrogen and oxygen atoms in total. The molecule has 2 aromatic rings. The monoisotopic (exact) mass is 391 g/mol. The highest BCUT2D eigenvalue weighted by Crippen LogP contribution is 2.20. The van der Waals surface area contributed by atoms with Gasteiger partial charge in [0.1, 0.15) is 5.82 Å². The van der Waals surface area contributed by atoms with E-state index in [1.54, 1.807) is 26.0 Å². The molecule has 0 radical (unpaired) electrons. The summed E-state index contributed by atoms with van der Waals surface area (Å²) in [5.74, 6) is -2.06. The van der Waals surface area contributed by atoms with Crippen molar-refractivity contribution < 1.29 is 23.5 Å². The largest absolute Gasteiger partial charge is 0.457 e. The predicted octanol–water partition coefficient (Wildman–Crippen LogP) is 4.04. The van der Waals surface area contributed by atoms with Crippen molar-refractivity contribution in [2.24, 2.45) is 5.92 Å². The zero-order chi connectivity index (χ0) is 20.0. The molecule has 2 rings (SSSR count). The third-order valence-corrected chi connectivity index (χ3v) is 4.10. The molecule has 2 aromatic carbocycles. The lowest BCUT2D eigenvalue weighted by Crippen LogP contribution is -2.18. The predicted molar refractivity (Wildman–Crippen MR) is 100 cm³/mol. The van der Waals surface area contributed by atoms with E-state index < -0.39 is 24.2 Å². The first-order valence-electron chi connectivity index (χ1n) is 8.30. The molecule has 0 aliphatic rings. The summed E-state index contributed by atoms with van der Waals surface area (Å²) < 4.78 is 18.6. The number of rotatable bonds is 7. The number of nitrogens with one attached hydrogen (secondary N) is 1. The molecule has 0 atom stereocenters. The number of carbonyl (C=O) groups excluding carboxylic acids is 3. The molecular weight excluding hydrogens is 373 g/mol. The van der Waals surface area contributed by atoms with E-state index in [0.29, 0.717) is 11.3 Å². The van der Waals surface area contributed by atoms with Crippen molar-refractivity contribution in [1.82, 2.24) is 0 Å². The van der Waals surface area contributed by atoms with Gasteiger partial charge in [-0.15, -0.1) is 0 Å². The van der Waals surface area contributed by atoms with E-state index in [0.717, 1.165) is 0 Å². The normalized spacial score (nSPS) is 10.6.